The van der Waals surface area contributed by atoms with Gasteiger partial charge >= 0.3 is 0 Å². The Morgan fingerprint density at radius 2 is 1.86 bits per heavy atom. The standard InChI is InChI=1S/C20H23N7O2/c1-2-8-24-19(28)15-5-3-14(4-6-15)7-11-27-13-16(12-25-27)26-20(29)17-18(21)23-10-9-22-17/h3-6,9-10,12-13H,2,7-8,11H2,1H3,(H2,21,23)(H,24,28)(H,26,29). The summed E-state index contributed by atoms with van der Waals surface area (Å²) in [6.45, 7) is 3.31. The van der Waals surface area contributed by atoms with E-state index in [1.54, 1.807) is 17.1 Å². The second kappa shape index (κ2) is 9.45. The third-order valence-electron chi connectivity index (χ3n) is 4.21. The number of benzene rings is 1. The lowest BCUT2D eigenvalue weighted by Crippen LogP contribution is -2.23. The number of hydrogen-bond donors (Lipinski definition) is 3. The first-order valence-electron chi connectivity index (χ1n) is 9.34. The van der Waals surface area contributed by atoms with Gasteiger partial charge < -0.3 is 16.4 Å². The molecule has 0 saturated carbocycles. The maximum atomic E-state index is 12.2. The summed E-state index contributed by atoms with van der Waals surface area (Å²) < 4.78 is 1.73. The lowest BCUT2D eigenvalue weighted by Gasteiger charge is -2.06. The van der Waals surface area contributed by atoms with Crippen molar-refractivity contribution in [1.82, 2.24) is 25.1 Å². The van der Waals surface area contributed by atoms with E-state index in [9.17, 15) is 9.59 Å². The number of nitrogen functional groups attached to an aromatic ring is 1. The number of carbonyl (C=O) groups is 2. The predicted molar refractivity (Wildman–Crippen MR) is 109 cm³/mol. The van der Waals surface area contributed by atoms with Gasteiger partial charge in [0, 0.05) is 37.2 Å². The Bertz CT molecular complexity index is 983. The zero-order valence-electron chi connectivity index (χ0n) is 16.1. The van der Waals surface area contributed by atoms with Crippen LogP contribution in [0.5, 0.6) is 0 Å². The first kappa shape index (κ1) is 20.0. The fourth-order valence-corrected chi connectivity index (χ4v) is 2.67. The number of rotatable bonds is 8. The average Bonchev–Trinajstić information content (AvgIpc) is 3.18. The molecule has 2 amide bonds. The maximum absolute atomic E-state index is 12.2. The Balaban J connectivity index is 1.53. The smallest absolute Gasteiger partial charge is 0.278 e. The van der Waals surface area contributed by atoms with Gasteiger partial charge in [-0.1, -0.05) is 19.1 Å². The number of carbonyl (C=O) groups excluding carboxylic acids is 2. The summed E-state index contributed by atoms with van der Waals surface area (Å²) in [6, 6.07) is 7.51. The average molecular weight is 393 g/mol. The van der Waals surface area contributed by atoms with Crippen molar-refractivity contribution in [3.63, 3.8) is 0 Å². The minimum atomic E-state index is -0.438. The number of aryl methyl sites for hydroxylation is 2. The summed E-state index contributed by atoms with van der Waals surface area (Å²) in [7, 11) is 0. The first-order valence-corrected chi connectivity index (χ1v) is 9.34. The van der Waals surface area contributed by atoms with Crippen molar-refractivity contribution in [3.05, 3.63) is 65.9 Å². The molecule has 150 valence electrons. The summed E-state index contributed by atoms with van der Waals surface area (Å²) >= 11 is 0. The molecule has 0 saturated heterocycles. The van der Waals surface area contributed by atoms with Gasteiger partial charge in [-0.2, -0.15) is 5.10 Å². The number of hydrogen-bond acceptors (Lipinski definition) is 6. The number of nitrogens with two attached hydrogens (primary N) is 1. The molecule has 0 aliphatic rings. The van der Waals surface area contributed by atoms with Gasteiger partial charge in [0.1, 0.15) is 0 Å². The molecule has 2 aromatic heterocycles. The molecule has 0 aliphatic heterocycles. The summed E-state index contributed by atoms with van der Waals surface area (Å²) in [5, 5.41) is 9.81. The molecule has 4 N–H and O–H groups in total. The van der Waals surface area contributed by atoms with Crippen LogP contribution in [0.4, 0.5) is 11.5 Å². The minimum Gasteiger partial charge on any atom is -0.382 e. The lowest BCUT2D eigenvalue weighted by molar-refractivity contribution is 0.0952. The first-order chi connectivity index (χ1) is 14.1. The van der Waals surface area contributed by atoms with Crippen molar-refractivity contribution in [1.29, 1.82) is 0 Å². The van der Waals surface area contributed by atoms with Crippen molar-refractivity contribution in [2.75, 3.05) is 17.6 Å². The van der Waals surface area contributed by atoms with Crippen LogP contribution >= 0.6 is 0 Å². The molecule has 3 rings (SSSR count). The molecule has 29 heavy (non-hydrogen) atoms. The topological polar surface area (TPSA) is 128 Å². The van der Waals surface area contributed by atoms with E-state index in [1.165, 1.54) is 12.4 Å². The molecule has 9 nitrogen and oxygen atoms in total. The molecule has 2 heterocycles. The van der Waals surface area contributed by atoms with Crippen LogP contribution in [-0.2, 0) is 13.0 Å². The van der Waals surface area contributed by atoms with Crippen LogP contribution in [-0.4, -0.2) is 38.1 Å². The molecule has 0 spiro atoms. The molecule has 0 unspecified atom stereocenters. The second-order valence-electron chi connectivity index (χ2n) is 6.44. The number of amides is 2. The molecule has 3 aromatic rings. The highest BCUT2D eigenvalue weighted by Crippen LogP contribution is 2.11. The highest BCUT2D eigenvalue weighted by molar-refractivity contribution is 6.05. The van der Waals surface area contributed by atoms with E-state index in [2.05, 4.69) is 25.7 Å². The van der Waals surface area contributed by atoms with Gasteiger partial charge in [-0.15, -0.1) is 0 Å². The second-order valence-corrected chi connectivity index (χ2v) is 6.44. The summed E-state index contributed by atoms with van der Waals surface area (Å²) in [5.74, 6) is -0.425. The molecule has 0 radical (unpaired) electrons. The zero-order valence-corrected chi connectivity index (χ0v) is 16.1. The van der Waals surface area contributed by atoms with Crippen molar-refractivity contribution in [3.8, 4) is 0 Å². The summed E-state index contributed by atoms with van der Waals surface area (Å²) in [4.78, 5) is 31.9. The number of nitrogens with zero attached hydrogens (tertiary/aromatic N) is 4. The Hall–Kier alpha value is -3.75. The van der Waals surface area contributed by atoms with Crippen LogP contribution in [0.3, 0.4) is 0 Å². The molecule has 0 bridgehead atoms. The molecule has 9 heteroatoms. The van der Waals surface area contributed by atoms with Crippen LogP contribution < -0.4 is 16.4 Å². The Morgan fingerprint density at radius 1 is 1.10 bits per heavy atom. The SMILES string of the molecule is CCCNC(=O)c1ccc(CCn2cc(NC(=O)c3nccnc3N)cn2)cc1. The van der Waals surface area contributed by atoms with Gasteiger partial charge in [-0.3, -0.25) is 14.3 Å². The highest BCUT2D eigenvalue weighted by atomic mass is 16.2. The molecule has 0 aliphatic carbocycles. The molecule has 0 atom stereocenters. The van der Waals surface area contributed by atoms with Crippen LogP contribution in [0.1, 0.15) is 39.8 Å². The van der Waals surface area contributed by atoms with Gasteiger partial charge in [-0.25, -0.2) is 9.97 Å². The van der Waals surface area contributed by atoms with E-state index in [1.807, 2.05) is 31.2 Å². The van der Waals surface area contributed by atoms with Crippen LogP contribution in [0.2, 0.25) is 0 Å². The number of anilines is 2. The molecule has 0 fully saturated rings. The van der Waals surface area contributed by atoms with E-state index in [0.717, 1.165) is 18.4 Å². The molecular weight excluding hydrogens is 370 g/mol. The van der Waals surface area contributed by atoms with E-state index in [0.29, 0.717) is 24.3 Å². The molecular formula is C20H23N7O2. The maximum Gasteiger partial charge on any atom is 0.278 e. The van der Waals surface area contributed by atoms with Gasteiger partial charge in [0.25, 0.3) is 11.8 Å². The predicted octanol–water partition coefficient (Wildman–Crippen LogP) is 1.89. The summed E-state index contributed by atoms with van der Waals surface area (Å²) in [5.41, 5.74) is 8.02. The minimum absolute atomic E-state index is 0.0606. The van der Waals surface area contributed by atoms with E-state index < -0.39 is 5.91 Å². The van der Waals surface area contributed by atoms with Crippen LogP contribution in [0.15, 0.2) is 49.1 Å². The van der Waals surface area contributed by atoms with Gasteiger partial charge in [0.05, 0.1) is 11.9 Å². The van der Waals surface area contributed by atoms with Crippen molar-refractivity contribution >= 4 is 23.3 Å². The fraction of sp³-hybridized carbons (Fsp3) is 0.250. The third-order valence-corrected chi connectivity index (χ3v) is 4.21. The quantitative estimate of drug-likeness (QED) is 0.536. The number of aromatic nitrogens is 4. The monoisotopic (exact) mass is 393 g/mol. The van der Waals surface area contributed by atoms with E-state index in [-0.39, 0.29) is 17.4 Å². The Kier molecular flexibility index (Phi) is 6.51. The Morgan fingerprint density at radius 3 is 2.59 bits per heavy atom. The van der Waals surface area contributed by atoms with Crippen molar-refractivity contribution < 1.29 is 9.59 Å². The van der Waals surface area contributed by atoms with E-state index >= 15 is 0 Å². The van der Waals surface area contributed by atoms with Gasteiger partial charge in [-0.05, 0) is 30.5 Å². The normalized spacial score (nSPS) is 10.5. The van der Waals surface area contributed by atoms with Gasteiger partial charge in [0.2, 0.25) is 0 Å². The van der Waals surface area contributed by atoms with E-state index in [4.69, 9.17) is 5.73 Å². The lowest BCUT2D eigenvalue weighted by atomic mass is 10.1. The van der Waals surface area contributed by atoms with Crippen LogP contribution in [0.25, 0.3) is 0 Å². The largest absolute Gasteiger partial charge is 0.382 e. The van der Waals surface area contributed by atoms with Crippen LogP contribution in [0, 0.1) is 0 Å². The zero-order chi connectivity index (χ0) is 20.6. The molecule has 1 aromatic carbocycles. The number of nitrogens with one attached hydrogen (secondary N) is 2. The van der Waals surface area contributed by atoms with Crippen molar-refractivity contribution in [2.45, 2.75) is 26.3 Å². The van der Waals surface area contributed by atoms with Crippen molar-refractivity contribution in [2.24, 2.45) is 0 Å². The van der Waals surface area contributed by atoms with Gasteiger partial charge in [0.15, 0.2) is 11.5 Å². The summed E-state index contributed by atoms with van der Waals surface area (Å²) in [6.07, 6.45) is 7.77. The Labute approximate surface area is 168 Å². The highest BCUT2D eigenvalue weighted by Gasteiger charge is 2.13. The fourth-order valence-electron chi connectivity index (χ4n) is 2.67. The third kappa shape index (κ3) is 5.38.